The molecule has 116 valence electrons. The quantitative estimate of drug-likeness (QED) is 0.621. The highest BCUT2D eigenvalue weighted by molar-refractivity contribution is 7.17. The Morgan fingerprint density at radius 1 is 1.43 bits per heavy atom. The summed E-state index contributed by atoms with van der Waals surface area (Å²) < 4.78 is 13.0. The molecule has 3 heterocycles. The number of hydrogen-bond acceptors (Lipinski definition) is 5. The molecule has 0 aliphatic heterocycles. The number of ether oxygens (including phenoxy) is 1. The van der Waals surface area contributed by atoms with Gasteiger partial charge in [0.2, 0.25) is 0 Å². The maximum absolute atomic E-state index is 10.8. The molecule has 6 nitrogen and oxygen atoms in total. The summed E-state index contributed by atoms with van der Waals surface area (Å²) in [6.07, 6.45) is 3.63. The van der Waals surface area contributed by atoms with Gasteiger partial charge in [-0.1, -0.05) is 12.1 Å². The van der Waals surface area contributed by atoms with E-state index in [0.29, 0.717) is 22.8 Å². The van der Waals surface area contributed by atoms with Crippen LogP contribution in [0, 0.1) is 0 Å². The number of hydrogen-bond donors (Lipinski definition) is 1. The van der Waals surface area contributed by atoms with Crippen LogP contribution in [0.4, 0.5) is 0 Å². The summed E-state index contributed by atoms with van der Waals surface area (Å²) in [5.41, 5.74) is 1.39. The Kier molecular flexibility index (Phi) is 3.09. The molecule has 1 N–H and O–H groups in total. The largest absolute Gasteiger partial charge is 0.493 e. The maximum Gasteiger partial charge on any atom is 0.308 e. The summed E-state index contributed by atoms with van der Waals surface area (Å²) in [6.45, 7) is 0. The van der Waals surface area contributed by atoms with Crippen LogP contribution in [0.3, 0.4) is 0 Å². The zero-order valence-corrected chi connectivity index (χ0v) is 13.0. The molecule has 4 rings (SSSR count). The van der Waals surface area contributed by atoms with Crippen molar-refractivity contribution in [3.05, 3.63) is 41.5 Å². The number of furan rings is 1. The van der Waals surface area contributed by atoms with Gasteiger partial charge in [0.05, 0.1) is 13.5 Å². The Labute approximate surface area is 134 Å². The second-order valence-electron chi connectivity index (χ2n) is 5.07. The minimum absolute atomic E-state index is 0.00516. The molecule has 0 saturated carbocycles. The van der Waals surface area contributed by atoms with Crippen LogP contribution in [0.15, 0.2) is 41.1 Å². The molecule has 0 atom stereocenters. The molecule has 0 bridgehead atoms. The first kappa shape index (κ1) is 13.8. The summed E-state index contributed by atoms with van der Waals surface area (Å²) >= 11 is 1.36. The Balaban J connectivity index is 1.76. The van der Waals surface area contributed by atoms with Gasteiger partial charge in [-0.2, -0.15) is 0 Å². The number of imidazole rings is 1. The number of carboxylic acids is 1. The van der Waals surface area contributed by atoms with E-state index >= 15 is 0 Å². The van der Waals surface area contributed by atoms with Crippen LogP contribution in [-0.4, -0.2) is 27.6 Å². The summed E-state index contributed by atoms with van der Waals surface area (Å²) in [5, 5.41) is 9.79. The maximum atomic E-state index is 10.8. The van der Waals surface area contributed by atoms with E-state index in [1.54, 1.807) is 13.3 Å². The zero-order chi connectivity index (χ0) is 16.0. The normalized spacial score (nSPS) is 11.3. The lowest BCUT2D eigenvalue weighted by atomic mass is 10.2. The standard InChI is InChI=1S/C16H12N2O4S/c1-21-12-4-2-3-9-5-13(22-15(9)12)11-8-18-7-10(6-14(19)20)23-16(18)17-11/h2-5,7-8H,6H2,1H3,(H,19,20). The van der Waals surface area contributed by atoms with Crippen molar-refractivity contribution in [2.24, 2.45) is 0 Å². The van der Waals surface area contributed by atoms with Crippen molar-refractivity contribution in [2.75, 3.05) is 7.11 Å². The topological polar surface area (TPSA) is 77.0 Å². The van der Waals surface area contributed by atoms with Crippen LogP contribution < -0.4 is 4.74 Å². The Morgan fingerprint density at radius 3 is 3.04 bits per heavy atom. The first-order valence-corrected chi connectivity index (χ1v) is 7.72. The van der Waals surface area contributed by atoms with Gasteiger partial charge in [-0.15, -0.1) is 11.3 Å². The number of para-hydroxylation sites is 1. The number of benzene rings is 1. The highest BCUT2D eigenvalue weighted by Crippen LogP contribution is 2.33. The average molecular weight is 328 g/mol. The molecule has 1 aromatic carbocycles. The van der Waals surface area contributed by atoms with Crippen molar-refractivity contribution in [2.45, 2.75) is 6.42 Å². The van der Waals surface area contributed by atoms with Gasteiger partial charge in [0.15, 0.2) is 22.1 Å². The van der Waals surface area contributed by atoms with Gasteiger partial charge >= 0.3 is 5.97 Å². The zero-order valence-electron chi connectivity index (χ0n) is 12.1. The van der Waals surface area contributed by atoms with E-state index in [1.807, 2.05) is 34.9 Å². The predicted octanol–water partition coefficient (Wildman–Crippen LogP) is 3.44. The molecule has 0 aliphatic carbocycles. The van der Waals surface area contributed by atoms with Crippen molar-refractivity contribution in [3.8, 4) is 17.2 Å². The molecule has 0 fully saturated rings. The number of aromatic nitrogens is 2. The van der Waals surface area contributed by atoms with Gasteiger partial charge in [0.25, 0.3) is 0 Å². The summed E-state index contributed by atoms with van der Waals surface area (Å²) in [6, 6.07) is 7.63. The number of rotatable bonds is 4. The van der Waals surface area contributed by atoms with E-state index in [-0.39, 0.29) is 6.42 Å². The van der Waals surface area contributed by atoms with E-state index in [0.717, 1.165) is 15.2 Å². The van der Waals surface area contributed by atoms with Crippen LogP contribution in [0.25, 0.3) is 27.4 Å². The van der Waals surface area contributed by atoms with E-state index in [4.69, 9.17) is 14.3 Å². The third-order valence-electron chi connectivity index (χ3n) is 3.51. The number of methoxy groups -OCH3 is 1. The van der Waals surface area contributed by atoms with Gasteiger partial charge in [0, 0.05) is 22.7 Å². The Morgan fingerprint density at radius 2 is 2.30 bits per heavy atom. The number of carbonyl (C=O) groups is 1. The molecule has 0 spiro atoms. The fourth-order valence-electron chi connectivity index (χ4n) is 2.52. The van der Waals surface area contributed by atoms with E-state index < -0.39 is 5.97 Å². The molecule has 7 heteroatoms. The fraction of sp³-hybridized carbons (Fsp3) is 0.125. The van der Waals surface area contributed by atoms with E-state index in [2.05, 4.69) is 4.98 Å². The number of aliphatic carboxylic acids is 1. The lowest BCUT2D eigenvalue weighted by Crippen LogP contribution is -1.97. The number of nitrogens with zero attached hydrogens (tertiary/aromatic N) is 2. The van der Waals surface area contributed by atoms with Gasteiger partial charge < -0.3 is 14.3 Å². The molecule has 4 aromatic rings. The van der Waals surface area contributed by atoms with E-state index in [9.17, 15) is 4.79 Å². The molecule has 0 saturated heterocycles. The van der Waals surface area contributed by atoms with Gasteiger partial charge in [-0.25, -0.2) is 4.98 Å². The number of thiazole rings is 1. The molecular weight excluding hydrogens is 316 g/mol. The van der Waals surface area contributed by atoms with Gasteiger partial charge in [0.1, 0.15) is 5.69 Å². The molecule has 0 radical (unpaired) electrons. The Hall–Kier alpha value is -2.80. The van der Waals surface area contributed by atoms with E-state index in [1.165, 1.54) is 11.3 Å². The summed E-state index contributed by atoms with van der Waals surface area (Å²) in [5.74, 6) is 0.484. The second-order valence-corrected chi connectivity index (χ2v) is 6.17. The van der Waals surface area contributed by atoms with Crippen LogP contribution >= 0.6 is 11.3 Å². The Bertz CT molecular complexity index is 996. The highest BCUT2D eigenvalue weighted by atomic mass is 32.1. The van der Waals surface area contributed by atoms with Crippen LogP contribution in [0.1, 0.15) is 4.88 Å². The first-order valence-electron chi connectivity index (χ1n) is 6.90. The van der Waals surface area contributed by atoms with Gasteiger partial charge in [-0.05, 0) is 12.1 Å². The third kappa shape index (κ3) is 2.35. The molecule has 0 unspecified atom stereocenters. The first-order chi connectivity index (χ1) is 11.1. The van der Waals surface area contributed by atoms with Crippen LogP contribution in [-0.2, 0) is 11.2 Å². The number of fused-ring (bicyclic) bond motifs is 2. The van der Waals surface area contributed by atoms with Crippen molar-refractivity contribution < 1.29 is 19.1 Å². The average Bonchev–Trinajstić information content (AvgIpc) is 3.17. The third-order valence-corrected chi connectivity index (χ3v) is 4.51. The van der Waals surface area contributed by atoms with Crippen molar-refractivity contribution in [1.29, 1.82) is 0 Å². The monoisotopic (exact) mass is 328 g/mol. The summed E-state index contributed by atoms with van der Waals surface area (Å²) in [4.78, 5) is 16.8. The van der Waals surface area contributed by atoms with Crippen molar-refractivity contribution >= 4 is 33.2 Å². The van der Waals surface area contributed by atoms with Gasteiger partial charge in [-0.3, -0.25) is 9.20 Å². The lowest BCUT2D eigenvalue weighted by Gasteiger charge is -1.98. The minimum atomic E-state index is -0.848. The molecular formula is C16H12N2O4S. The number of carboxylic acid groups (broad SMARTS) is 1. The predicted molar refractivity (Wildman–Crippen MR) is 86.2 cm³/mol. The SMILES string of the molecule is COc1cccc2cc(-c3cn4cc(CC(=O)O)sc4n3)oc12. The second kappa shape index (κ2) is 5.13. The highest BCUT2D eigenvalue weighted by Gasteiger charge is 2.15. The molecule has 3 aromatic heterocycles. The smallest absolute Gasteiger partial charge is 0.308 e. The van der Waals surface area contributed by atoms with Crippen LogP contribution in [0.2, 0.25) is 0 Å². The molecule has 23 heavy (non-hydrogen) atoms. The molecule has 0 amide bonds. The lowest BCUT2D eigenvalue weighted by molar-refractivity contribution is -0.136. The van der Waals surface area contributed by atoms with Crippen LogP contribution in [0.5, 0.6) is 5.75 Å². The fourth-order valence-corrected chi connectivity index (χ4v) is 3.47. The minimum Gasteiger partial charge on any atom is -0.493 e. The van der Waals surface area contributed by atoms with Crippen molar-refractivity contribution in [1.82, 2.24) is 9.38 Å². The molecule has 0 aliphatic rings. The van der Waals surface area contributed by atoms with Crippen molar-refractivity contribution in [3.63, 3.8) is 0 Å². The summed E-state index contributed by atoms with van der Waals surface area (Å²) in [7, 11) is 1.60.